The predicted octanol–water partition coefficient (Wildman–Crippen LogP) is 1.45. The molecule has 192 valence electrons. The number of carbonyl (C=O) groups is 1. The van der Waals surface area contributed by atoms with Gasteiger partial charge in [-0.25, -0.2) is 9.78 Å². The molecule has 1 aliphatic carbocycles. The SMILES string of the molecule is C=c1[nH]c(=O)[nH]/c1=C\c1cnn2c(NC3CC3)cc(-c3ccc(C(=O)N4CCN(C(C)C)CC4)s3)nc12. The number of nitrogens with zero attached hydrogens (tertiary/aromatic N) is 5. The Labute approximate surface area is 217 Å². The standard InChI is InChI=1S/C26H30N8O2S/c1-15(2)32-8-10-33(11-9-32)25(35)22-7-6-21(37-22)20-13-23(29-18-4-5-18)34-24(30-20)17(14-27-34)12-19-16(3)28-26(36)31-19/h6-7,12-15,18,29H,3-5,8-11H2,1-2H3,(H2,28,31,36)/b19-12-. The number of rotatable bonds is 6. The number of amides is 1. The number of thiophene rings is 1. The largest absolute Gasteiger partial charge is 0.367 e. The highest BCUT2D eigenvalue weighted by atomic mass is 32.1. The van der Waals surface area contributed by atoms with Gasteiger partial charge in [-0.1, -0.05) is 6.58 Å². The second-order valence-electron chi connectivity index (χ2n) is 9.98. The fraction of sp³-hybridized carbons (Fsp3) is 0.385. The number of hydrogen-bond donors (Lipinski definition) is 3. The van der Waals surface area contributed by atoms with E-state index < -0.39 is 0 Å². The van der Waals surface area contributed by atoms with Crippen molar-refractivity contribution in [3.63, 3.8) is 0 Å². The van der Waals surface area contributed by atoms with Gasteiger partial charge in [0.2, 0.25) is 0 Å². The molecule has 6 rings (SSSR count). The van der Waals surface area contributed by atoms with E-state index in [-0.39, 0.29) is 11.6 Å². The van der Waals surface area contributed by atoms with Crippen LogP contribution in [0.2, 0.25) is 0 Å². The van der Waals surface area contributed by atoms with E-state index in [0.717, 1.165) is 65.9 Å². The number of fused-ring (bicyclic) bond motifs is 1. The molecular weight excluding hydrogens is 488 g/mol. The predicted molar refractivity (Wildman–Crippen MR) is 145 cm³/mol. The molecule has 0 atom stereocenters. The van der Waals surface area contributed by atoms with E-state index in [1.165, 1.54) is 11.3 Å². The van der Waals surface area contributed by atoms with Crippen LogP contribution in [-0.4, -0.2) is 78.5 Å². The van der Waals surface area contributed by atoms with Crippen molar-refractivity contribution in [3.05, 3.63) is 56.0 Å². The fourth-order valence-electron chi connectivity index (χ4n) is 4.65. The average molecular weight is 519 g/mol. The minimum absolute atomic E-state index is 0.0785. The first-order chi connectivity index (χ1) is 17.9. The second-order valence-corrected chi connectivity index (χ2v) is 11.1. The summed E-state index contributed by atoms with van der Waals surface area (Å²) in [5.41, 5.74) is 1.89. The summed E-state index contributed by atoms with van der Waals surface area (Å²) in [5.74, 6) is 0.931. The van der Waals surface area contributed by atoms with Gasteiger partial charge < -0.3 is 20.2 Å². The van der Waals surface area contributed by atoms with Crippen molar-refractivity contribution in [1.29, 1.82) is 0 Å². The molecule has 2 fully saturated rings. The number of hydrogen-bond acceptors (Lipinski definition) is 7. The van der Waals surface area contributed by atoms with Crippen molar-refractivity contribution in [2.24, 2.45) is 0 Å². The topological polar surface area (TPSA) is 114 Å². The minimum Gasteiger partial charge on any atom is -0.367 e. The maximum Gasteiger partial charge on any atom is 0.323 e. The number of anilines is 1. The number of nitrogens with one attached hydrogen (secondary N) is 3. The van der Waals surface area contributed by atoms with Gasteiger partial charge in [0.25, 0.3) is 5.91 Å². The van der Waals surface area contributed by atoms with Gasteiger partial charge in [0, 0.05) is 49.9 Å². The van der Waals surface area contributed by atoms with Crippen LogP contribution in [-0.2, 0) is 0 Å². The van der Waals surface area contributed by atoms with Gasteiger partial charge in [0.05, 0.1) is 32.3 Å². The van der Waals surface area contributed by atoms with E-state index in [1.54, 1.807) is 10.7 Å². The molecule has 0 unspecified atom stereocenters. The molecule has 0 radical (unpaired) electrons. The molecule has 4 aromatic rings. The summed E-state index contributed by atoms with van der Waals surface area (Å²) >= 11 is 1.47. The van der Waals surface area contributed by atoms with Crippen molar-refractivity contribution in [1.82, 2.24) is 34.4 Å². The van der Waals surface area contributed by atoms with E-state index in [9.17, 15) is 9.59 Å². The molecule has 3 N–H and O–H groups in total. The van der Waals surface area contributed by atoms with E-state index in [1.807, 2.05) is 29.2 Å². The maximum atomic E-state index is 13.2. The summed E-state index contributed by atoms with van der Waals surface area (Å²) in [7, 11) is 0. The molecule has 1 aliphatic heterocycles. The minimum atomic E-state index is -0.307. The molecule has 4 aromatic heterocycles. The number of aromatic nitrogens is 5. The molecule has 0 aromatic carbocycles. The lowest BCUT2D eigenvalue weighted by molar-refractivity contribution is 0.0600. The van der Waals surface area contributed by atoms with Crippen molar-refractivity contribution in [2.75, 3.05) is 31.5 Å². The normalized spacial score (nSPS) is 17.3. The smallest absolute Gasteiger partial charge is 0.323 e. The molecule has 0 spiro atoms. The highest BCUT2D eigenvalue weighted by Gasteiger charge is 2.26. The van der Waals surface area contributed by atoms with Crippen LogP contribution in [0.4, 0.5) is 5.82 Å². The van der Waals surface area contributed by atoms with E-state index in [2.05, 4.69) is 45.7 Å². The van der Waals surface area contributed by atoms with Gasteiger partial charge in [0.1, 0.15) is 5.82 Å². The number of H-pyrrole nitrogens is 2. The van der Waals surface area contributed by atoms with Crippen LogP contribution in [0.5, 0.6) is 0 Å². The third-order valence-electron chi connectivity index (χ3n) is 6.97. The lowest BCUT2D eigenvalue weighted by Crippen LogP contribution is -2.50. The molecule has 0 bridgehead atoms. The van der Waals surface area contributed by atoms with E-state index in [4.69, 9.17) is 4.98 Å². The quantitative estimate of drug-likeness (QED) is 0.356. The Balaban J connectivity index is 1.34. The molecule has 37 heavy (non-hydrogen) atoms. The van der Waals surface area contributed by atoms with Gasteiger partial charge in [-0.2, -0.15) is 9.61 Å². The Morgan fingerprint density at radius 3 is 2.68 bits per heavy atom. The summed E-state index contributed by atoms with van der Waals surface area (Å²) in [6.07, 6.45) is 5.79. The lowest BCUT2D eigenvalue weighted by atomic mass is 10.2. The first-order valence-electron chi connectivity index (χ1n) is 12.6. The van der Waals surface area contributed by atoms with Crippen LogP contribution in [0.3, 0.4) is 0 Å². The molecule has 5 heterocycles. The highest BCUT2D eigenvalue weighted by Crippen LogP contribution is 2.32. The Kier molecular flexibility index (Phi) is 5.96. The maximum absolute atomic E-state index is 13.2. The Morgan fingerprint density at radius 2 is 2.00 bits per heavy atom. The number of imidazole rings is 1. The van der Waals surface area contributed by atoms with Crippen LogP contribution in [0.1, 0.15) is 41.9 Å². The fourth-order valence-corrected chi connectivity index (χ4v) is 5.58. The zero-order valence-electron chi connectivity index (χ0n) is 21.0. The van der Waals surface area contributed by atoms with Crippen molar-refractivity contribution in [2.45, 2.75) is 38.8 Å². The van der Waals surface area contributed by atoms with Crippen LogP contribution < -0.4 is 21.7 Å². The first kappa shape index (κ1) is 23.7. The average Bonchev–Trinajstić information content (AvgIpc) is 3.25. The van der Waals surface area contributed by atoms with Crippen LogP contribution in [0, 0.1) is 0 Å². The van der Waals surface area contributed by atoms with E-state index in [0.29, 0.717) is 28.4 Å². The molecule has 1 amide bonds. The van der Waals surface area contributed by atoms with Crippen LogP contribution >= 0.6 is 11.3 Å². The molecule has 1 saturated carbocycles. The summed E-state index contributed by atoms with van der Waals surface area (Å²) in [6, 6.07) is 6.79. The van der Waals surface area contributed by atoms with Gasteiger partial charge in [-0.05, 0) is 44.9 Å². The number of aromatic amines is 2. The second kappa shape index (κ2) is 9.31. The van der Waals surface area contributed by atoms with Crippen molar-refractivity contribution < 1.29 is 4.79 Å². The molecule has 2 aliphatic rings. The third kappa shape index (κ3) is 4.72. The Bertz CT molecular complexity index is 1630. The third-order valence-corrected chi connectivity index (χ3v) is 8.06. The van der Waals surface area contributed by atoms with Gasteiger partial charge >= 0.3 is 5.69 Å². The van der Waals surface area contributed by atoms with Crippen LogP contribution in [0.25, 0.3) is 28.9 Å². The summed E-state index contributed by atoms with van der Waals surface area (Å²) in [6.45, 7) is 11.6. The Hall–Kier alpha value is -3.70. The molecule has 1 saturated heterocycles. The summed E-state index contributed by atoms with van der Waals surface area (Å²) in [4.78, 5) is 41.2. The molecule has 10 nitrogen and oxygen atoms in total. The zero-order chi connectivity index (χ0) is 25.7. The zero-order valence-corrected chi connectivity index (χ0v) is 21.8. The first-order valence-corrected chi connectivity index (χ1v) is 13.4. The van der Waals surface area contributed by atoms with Crippen molar-refractivity contribution in [3.8, 4) is 10.6 Å². The summed E-state index contributed by atoms with van der Waals surface area (Å²) < 4.78 is 1.79. The van der Waals surface area contributed by atoms with Gasteiger partial charge in [-0.15, -0.1) is 11.3 Å². The monoisotopic (exact) mass is 518 g/mol. The highest BCUT2D eigenvalue weighted by molar-refractivity contribution is 7.17. The van der Waals surface area contributed by atoms with Crippen molar-refractivity contribution >= 4 is 41.4 Å². The molecule has 11 heteroatoms. The molecular formula is C26H30N8O2S. The number of piperazine rings is 1. The lowest BCUT2D eigenvalue weighted by Gasteiger charge is -2.36. The van der Waals surface area contributed by atoms with Gasteiger partial charge in [0.15, 0.2) is 5.65 Å². The Morgan fingerprint density at radius 1 is 1.22 bits per heavy atom. The van der Waals surface area contributed by atoms with E-state index >= 15 is 0 Å². The summed E-state index contributed by atoms with van der Waals surface area (Å²) in [5, 5.41) is 9.20. The number of carbonyl (C=O) groups excluding carboxylic acids is 1. The van der Waals surface area contributed by atoms with Gasteiger partial charge in [-0.3, -0.25) is 9.69 Å². The van der Waals surface area contributed by atoms with Crippen LogP contribution in [0.15, 0.2) is 29.2 Å².